The van der Waals surface area contributed by atoms with Crippen LogP contribution < -0.4 is 4.90 Å². The Morgan fingerprint density at radius 3 is 2.63 bits per heavy atom. The van der Waals surface area contributed by atoms with Gasteiger partial charge in [0.15, 0.2) is 5.13 Å². The van der Waals surface area contributed by atoms with Crippen molar-refractivity contribution in [1.29, 1.82) is 0 Å². The number of thiophene rings is 1. The van der Waals surface area contributed by atoms with Crippen molar-refractivity contribution >= 4 is 54.0 Å². The molecule has 2 aromatic carbocycles. The number of aryl methyl sites for hydroxylation is 2. The molecule has 0 spiro atoms. The molecule has 0 aliphatic carbocycles. The SMILES string of the molecule is Cc1cc2nc(N(Cc3ccccc3)C(=O)C3CCCN(S(=O)(=O)c4cccs4)C3)sc2cc1C. The Balaban J connectivity index is 1.47. The molecule has 0 saturated carbocycles. The summed E-state index contributed by atoms with van der Waals surface area (Å²) in [4.78, 5) is 20.5. The van der Waals surface area contributed by atoms with Gasteiger partial charge < -0.3 is 0 Å². The molecule has 1 amide bonds. The van der Waals surface area contributed by atoms with Crippen LogP contribution in [0.3, 0.4) is 0 Å². The molecule has 3 heterocycles. The molecule has 2 aromatic heterocycles. The molecular weight excluding hydrogens is 499 g/mol. The minimum absolute atomic E-state index is 0.0765. The zero-order valence-corrected chi connectivity index (χ0v) is 22.1. The van der Waals surface area contributed by atoms with E-state index >= 15 is 0 Å². The summed E-state index contributed by atoms with van der Waals surface area (Å²) < 4.78 is 29.1. The van der Waals surface area contributed by atoms with Gasteiger partial charge in [0.1, 0.15) is 4.21 Å². The molecule has 1 atom stereocenters. The molecule has 5 rings (SSSR count). The predicted molar refractivity (Wildman–Crippen MR) is 143 cm³/mol. The van der Waals surface area contributed by atoms with Crippen LogP contribution in [0.4, 0.5) is 5.13 Å². The maximum absolute atomic E-state index is 13.9. The molecular formula is C26H27N3O3S3. The molecule has 6 nitrogen and oxygen atoms in total. The lowest BCUT2D eigenvalue weighted by atomic mass is 9.98. The third-order valence-electron chi connectivity index (χ3n) is 6.50. The van der Waals surface area contributed by atoms with Gasteiger partial charge in [0.2, 0.25) is 5.91 Å². The van der Waals surface area contributed by atoms with E-state index in [1.54, 1.807) is 22.4 Å². The summed E-state index contributed by atoms with van der Waals surface area (Å²) in [6.45, 7) is 5.15. The number of amides is 1. The van der Waals surface area contributed by atoms with E-state index in [9.17, 15) is 13.2 Å². The number of carbonyl (C=O) groups excluding carboxylic acids is 1. The van der Waals surface area contributed by atoms with Gasteiger partial charge in [-0.15, -0.1) is 11.3 Å². The molecule has 1 aliphatic heterocycles. The highest BCUT2D eigenvalue weighted by Gasteiger charge is 2.36. The molecule has 4 aromatic rings. The number of nitrogens with zero attached hydrogens (tertiary/aromatic N) is 3. The number of fused-ring (bicyclic) bond motifs is 1. The van der Waals surface area contributed by atoms with Crippen LogP contribution in [0.5, 0.6) is 0 Å². The van der Waals surface area contributed by atoms with Crippen molar-refractivity contribution in [3.63, 3.8) is 0 Å². The first-order valence-corrected chi connectivity index (χ1v) is 14.7. The summed E-state index contributed by atoms with van der Waals surface area (Å²) in [6, 6.07) is 17.4. The van der Waals surface area contributed by atoms with Gasteiger partial charge >= 0.3 is 0 Å². The van der Waals surface area contributed by atoms with Crippen molar-refractivity contribution in [1.82, 2.24) is 9.29 Å². The fourth-order valence-corrected chi connectivity index (χ4v) is 8.13. The maximum atomic E-state index is 13.9. The number of piperidine rings is 1. The monoisotopic (exact) mass is 525 g/mol. The predicted octanol–water partition coefficient (Wildman–Crippen LogP) is 5.61. The van der Waals surface area contributed by atoms with E-state index in [4.69, 9.17) is 4.98 Å². The zero-order chi connectivity index (χ0) is 24.6. The quantitative estimate of drug-likeness (QED) is 0.328. The Hall–Kier alpha value is -2.59. The number of hydrogen-bond acceptors (Lipinski definition) is 6. The lowest BCUT2D eigenvalue weighted by Crippen LogP contribution is -2.46. The number of hydrogen-bond donors (Lipinski definition) is 0. The summed E-state index contributed by atoms with van der Waals surface area (Å²) in [7, 11) is -3.60. The number of rotatable bonds is 6. The highest BCUT2D eigenvalue weighted by atomic mass is 32.2. The van der Waals surface area contributed by atoms with Crippen LogP contribution in [0.25, 0.3) is 10.2 Å². The zero-order valence-electron chi connectivity index (χ0n) is 19.7. The first-order chi connectivity index (χ1) is 16.8. The third kappa shape index (κ3) is 4.91. The van der Waals surface area contributed by atoms with Crippen LogP contribution >= 0.6 is 22.7 Å². The number of anilines is 1. The molecule has 1 unspecified atom stereocenters. The Morgan fingerprint density at radius 1 is 1.11 bits per heavy atom. The average Bonchev–Trinajstić information content (AvgIpc) is 3.54. The molecule has 1 fully saturated rings. The Kier molecular flexibility index (Phi) is 6.76. The van der Waals surface area contributed by atoms with Crippen LogP contribution in [0.1, 0.15) is 29.5 Å². The van der Waals surface area contributed by atoms with Crippen LogP contribution in [0.15, 0.2) is 64.2 Å². The van der Waals surface area contributed by atoms with E-state index < -0.39 is 15.9 Å². The highest BCUT2D eigenvalue weighted by molar-refractivity contribution is 7.91. The van der Waals surface area contributed by atoms with E-state index in [2.05, 4.69) is 26.0 Å². The van der Waals surface area contributed by atoms with E-state index in [-0.39, 0.29) is 12.5 Å². The van der Waals surface area contributed by atoms with E-state index in [1.807, 2.05) is 30.3 Å². The molecule has 1 saturated heterocycles. The normalized spacial score (nSPS) is 17.0. The van der Waals surface area contributed by atoms with Crippen molar-refractivity contribution in [3.05, 3.63) is 76.7 Å². The Morgan fingerprint density at radius 2 is 1.89 bits per heavy atom. The largest absolute Gasteiger partial charge is 0.283 e. The minimum Gasteiger partial charge on any atom is -0.283 e. The minimum atomic E-state index is -3.60. The van der Waals surface area contributed by atoms with E-state index in [0.717, 1.165) is 21.3 Å². The number of carbonyl (C=O) groups is 1. The van der Waals surface area contributed by atoms with Gasteiger partial charge in [-0.25, -0.2) is 13.4 Å². The number of sulfonamides is 1. The van der Waals surface area contributed by atoms with Gasteiger partial charge in [-0.1, -0.05) is 47.7 Å². The van der Waals surface area contributed by atoms with Crippen molar-refractivity contribution in [3.8, 4) is 0 Å². The molecule has 1 aliphatic rings. The van der Waals surface area contributed by atoms with Crippen molar-refractivity contribution in [2.45, 2.75) is 37.4 Å². The Bertz CT molecular complexity index is 1410. The highest BCUT2D eigenvalue weighted by Crippen LogP contribution is 2.34. The summed E-state index contributed by atoms with van der Waals surface area (Å²) in [5.74, 6) is -0.495. The number of benzene rings is 2. The molecule has 35 heavy (non-hydrogen) atoms. The number of aromatic nitrogens is 1. The summed E-state index contributed by atoms with van der Waals surface area (Å²) in [5.41, 5.74) is 4.24. The lowest BCUT2D eigenvalue weighted by molar-refractivity contribution is -0.123. The maximum Gasteiger partial charge on any atom is 0.252 e. The second kappa shape index (κ2) is 9.81. The second-order valence-corrected chi connectivity index (χ2v) is 13.1. The van der Waals surface area contributed by atoms with Crippen molar-refractivity contribution < 1.29 is 13.2 Å². The van der Waals surface area contributed by atoms with Crippen LogP contribution in [-0.2, 0) is 21.4 Å². The van der Waals surface area contributed by atoms with Gasteiger partial charge in [-0.05, 0) is 67.0 Å². The summed E-state index contributed by atoms with van der Waals surface area (Å²) in [6.07, 6.45) is 1.31. The Labute approximate surface area is 213 Å². The fraction of sp³-hybridized carbons (Fsp3) is 0.308. The van der Waals surface area contributed by atoms with Crippen LogP contribution in [0, 0.1) is 19.8 Å². The average molecular weight is 526 g/mol. The van der Waals surface area contributed by atoms with Gasteiger partial charge in [0.25, 0.3) is 10.0 Å². The van der Waals surface area contributed by atoms with Crippen LogP contribution in [0.2, 0.25) is 0 Å². The van der Waals surface area contributed by atoms with Gasteiger partial charge in [-0.2, -0.15) is 4.31 Å². The van der Waals surface area contributed by atoms with E-state index in [0.29, 0.717) is 35.3 Å². The molecule has 0 N–H and O–H groups in total. The lowest BCUT2D eigenvalue weighted by Gasteiger charge is -2.33. The number of thiazole rings is 1. The van der Waals surface area contributed by atoms with Crippen LogP contribution in [-0.4, -0.2) is 36.7 Å². The second-order valence-electron chi connectivity index (χ2n) is 8.94. The van der Waals surface area contributed by atoms with Crippen molar-refractivity contribution in [2.75, 3.05) is 18.0 Å². The fourth-order valence-electron chi connectivity index (χ4n) is 4.41. The molecule has 0 bridgehead atoms. The summed E-state index contributed by atoms with van der Waals surface area (Å²) in [5, 5.41) is 2.41. The first kappa shape index (κ1) is 24.1. The molecule has 0 radical (unpaired) electrons. The standard InChI is InChI=1S/C26H27N3O3S3/c1-18-14-22-23(15-19(18)2)34-26(27-22)29(16-20-8-4-3-5-9-20)25(30)21-10-6-12-28(17-21)35(31,32)24-11-7-13-33-24/h3-5,7-9,11,13-15,21H,6,10,12,16-17H2,1-2H3. The third-order valence-corrected chi connectivity index (χ3v) is 10.8. The smallest absolute Gasteiger partial charge is 0.252 e. The van der Waals surface area contributed by atoms with Gasteiger partial charge in [0.05, 0.1) is 22.7 Å². The molecule has 9 heteroatoms. The van der Waals surface area contributed by atoms with Crippen molar-refractivity contribution in [2.24, 2.45) is 5.92 Å². The first-order valence-electron chi connectivity index (χ1n) is 11.6. The topological polar surface area (TPSA) is 70.6 Å². The summed E-state index contributed by atoms with van der Waals surface area (Å²) >= 11 is 2.72. The van der Waals surface area contributed by atoms with Gasteiger partial charge in [-0.3, -0.25) is 9.69 Å². The van der Waals surface area contributed by atoms with E-state index in [1.165, 1.54) is 32.5 Å². The molecule has 182 valence electrons. The van der Waals surface area contributed by atoms with Gasteiger partial charge in [0, 0.05) is 13.1 Å².